The SMILES string of the molecule is O[C@H](COc1ccc2c(ccc3ccccc32)c1)CN1CCN(C2c3ccccc3C(F)C(F)c3c(C4CC4)cccc32)CC1. The van der Waals surface area contributed by atoms with Crippen molar-refractivity contribution < 1.29 is 18.6 Å². The molecular weight excluding hydrogens is 566 g/mol. The number of hydrogen-bond donors (Lipinski definition) is 1. The zero-order chi connectivity index (χ0) is 30.5. The van der Waals surface area contributed by atoms with Gasteiger partial charge >= 0.3 is 0 Å². The molecule has 0 bridgehead atoms. The minimum atomic E-state index is -1.68. The van der Waals surface area contributed by atoms with Crippen LogP contribution in [-0.4, -0.2) is 60.3 Å². The largest absolute Gasteiger partial charge is 0.491 e. The van der Waals surface area contributed by atoms with Crippen molar-refractivity contribution in [3.05, 3.63) is 125 Å². The van der Waals surface area contributed by atoms with Crippen molar-refractivity contribution in [3.8, 4) is 5.75 Å². The zero-order valence-corrected chi connectivity index (χ0v) is 25.3. The Kier molecular flexibility index (Phi) is 7.52. The maximum atomic E-state index is 16.0. The highest BCUT2D eigenvalue weighted by atomic mass is 19.2. The van der Waals surface area contributed by atoms with E-state index in [1.807, 2.05) is 54.6 Å². The van der Waals surface area contributed by atoms with E-state index in [1.54, 1.807) is 6.07 Å². The van der Waals surface area contributed by atoms with Crippen molar-refractivity contribution in [2.45, 2.75) is 43.2 Å². The van der Waals surface area contributed by atoms with Crippen LogP contribution in [0.25, 0.3) is 21.5 Å². The molecule has 6 heteroatoms. The summed E-state index contributed by atoms with van der Waals surface area (Å²) in [4.78, 5) is 4.63. The van der Waals surface area contributed by atoms with E-state index in [0.717, 1.165) is 66.8 Å². The zero-order valence-electron chi connectivity index (χ0n) is 25.3. The van der Waals surface area contributed by atoms with Gasteiger partial charge in [-0.15, -0.1) is 0 Å². The van der Waals surface area contributed by atoms with Crippen LogP contribution >= 0.6 is 0 Å². The summed E-state index contributed by atoms with van der Waals surface area (Å²) < 4.78 is 37.8. The molecule has 1 heterocycles. The van der Waals surface area contributed by atoms with Gasteiger partial charge in [0.05, 0.1) is 6.04 Å². The molecule has 2 fully saturated rings. The summed E-state index contributed by atoms with van der Waals surface area (Å²) in [6.07, 6.45) is -1.89. The monoisotopic (exact) mass is 604 g/mol. The number of fused-ring (bicyclic) bond motifs is 5. The Hall–Kier alpha value is -3.84. The second-order valence-electron chi connectivity index (χ2n) is 12.9. The molecular formula is C39H38F2N2O2. The lowest BCUT2D eigenvalue weighted by Gasteiger charge is -2.40. The molecule has 4 nitrogen and oxygen atoms in total. The molecule has 3 unspecified atom stereocenters. The van der Waals surface area contributed by atoms with Crippen LogP contribution in [0, 0.1) is 0 Å². The van der Waals surface area contributed by atoms with Gasteiger partial charge in [-0.25, -0.2) is 8.78 Å². The molecule has 1 aliphatic heterocycles. The third-order valence-electron chi connectivity index (χ3n) is 10.0. The number of nitrogens with zero attached hydrogens (tertiary/aromatic N) is 2. The van der Waals surface area contributed by atoms with Gasteiger partial charge in [-0.1, -0.05) is 84.9 Å². The highest BCUT2D eigenvalue weighted by molar-refractivity contribution is 6.07. The number of ether oxygens (including phenoxy) is 1. The number of hydrogen-bond acceptors (Lipinski definition) is 4. The summed E-state index contributed by atoms with van der Waals surface area (Å²) in [5.74, 6) is 1.08. The van der Waals surface area contributed by atoms with Gasteiger partial charge in [-0.2, -0.15) is 0 Å². The predicted octanol–water partition coefficient (Wildman–Crippen LogP) is 8.05. The number of piperazine rings is 1. The van der Waals surface area contributed by atoms with Crippen LogP contribution in [0.2, 0.25) is 0 Å². The van der Waals surface area contributed by atoms with Crippen LogP contribution in [-0.2, 0) is 0 Å². The Balaban J connectivity index is 0.949. The molecule has 230 valence electrons. The summed E-state index contributed by atoms with van der Waals surface area (Å²) in [5, 5.41) is 15.6. The van der Waals surface area contributed by atoms with Gasteiger partial charge in [0.15, 0.2) is 12.3 Å². The van der Waals surface area contributed by atoms with Crippen LogP contribution in [0.1, 0.15) is 65.0 Å². The molecule has 4 atom stereocenters. The summed E-state index contributed by atoms with van der Waals surface area (Å²) in [5.41, 5.74) is 3.80. The molecule has 0 spiro atoms. The maximum Gasteiger partial charge on any atom is 0.161 e. The Morgan fingerprint density at radius 2 is 1.38 bits per heavy atom. The van der Waals surface area contributed by atoms with Crippen molar-refractivity contribution in [2.75, 3.05) is 39.3 Å². The Morgan fingerprint density at radius 3 is 2.20 bits per heavy atom. The lowest BCUT2D eigenvalue weighted by atomic mass is 9.89. The molecule has 45 heavy (non-hydrogen) atoms. The predicted molar refractivity (Wildman–Crippen MR) is 175 cm³/mol. The van der Waals surface area contributed by atoms with E-state index < -0.39 is 18.4 Å². The molecule has 0 aromatic heterocycles. The summed E-state index contributed by atoms with van der Waals surface area (Å²) >= 11 is 0. The number of halogens is 2. The number of aliphatic hydroxyl groups excluding tert-OH is 1. The van der Waals surface area contributed by atoms with Gasteiger partial charge in [0.25, 0.3) is 0 Å². The fourth-order valence-corrected chi connectivity index (χ4v) is 7.61. The molecule has 3 aliphatic rings. The summed E-state index contributed by atoms with van der Waals surface area (Å²) in [7, 11) is 0. The second kappa shape index (κ2) is 11.8. The first-order chi connectivity index (χ1) is 22.0. The third kappa shape index (κ3) is 5.39. The fraction of sp³-hybridized carbons (Fsp3) is 0.333. The van der Waals surface area contributed by atoms with E-state index >= 15 is 8.78 Å². The maximum absolute atomic E-state index is 16.0. The van der Waals surface area contributed by atoms with Crippen LogP contribution in [0.15, 0.2) is 97.1 Å². The second-order valence-corrected chi connectivity index (χ2v) is 12.9. The molecule has 0 radical (unpaired) electrons. The van der Waals surface area contributed by atoms with Crippen molar-refractivity contribution in [3.63, 3.8) is 0 Å². The van der Waals surface area contributed by atoms with Crippen LogP contribution in [0.3, 0.4) is 0 Å². The summed E-state index contributed by atoms with van der Waals surface area (Å²) in [6, 6.07) is 32.0. The standard InChI is InChI=1S/C39H38F2N2O2/c40-37-33-8-3-4-9-34(33)39(35-11-5-10-32(26-12-13-26)36(35)38(37)41)43-20-18-42(19-21-43)23-28(44)24-45-29-16-17-31-27(22-29)15-14-25-6-1-2-7-30(25)31/h1-11,14-17,22,26,28,37-39,44H,12-13,18-21,23-24H2/t28-,37?,38?,39?/m0/s1. The normalized spacial score (nSPS) is 23.0. The molecule has 1 saturated carbocycles. The first-order valence-electron chi connectivity index (χ1n) is 16.2. The van der Waals surface area contributed by atoms with E-state index in [9.17, 15) is 5.11 Å². The minimum absolute atomic E-state index is 0.200. The van der Waals surface area contributed by atoms with Gasteiger partial charge in [-0.3, -0.25) is 9.80 Å². The average Bonchev–Trinajstić information content (AvgIpc) is 3.94. The van der Waals surface area contributed by atoms with Crippen molar-refractivity contribution in [1.82, 2.24) is 9.80 Å². The van der Waals surface area contributed by atoms with Crippen molar-refractivity contribution >= 4 is 21.5 Å². The molecule has 2 aliphatic carbocycles. The van der Waals surface area contributed by atoms with Crippen LogP contribution in [0.4, 0.5) is 8.78 Å². The van der Waals surface area contributed by atoms with E-state index in [1.165, 1.54) is 16.2 Å². The molecule has 1 N–H and O–H groups in total. The topological polar surface area (TPSA) is 35.9 Å². The van der Waals surface area contributed by atoms with Gasteiger partial charge in [-0.05, 0) is 80.3 Å². The average molecular weight is 605 g/mol. The molecule has 8 rings (SSSR count). The van der Waals surface area contributed by atoms with Crippen LogP contribution in [0.5, 0.6) is 5.75 Å². The minimum Gasteiger partial charge on any atom is -0.491 e. The van der Waals surface area contributed by atoms with Crippen LogP contribution < -0.4 is 4.74 Å². The molecule has 1 saturated heterocycles. The van der Waals surface area contributed by atoms with E-state index in [0.29, 0.717) is 23.6 Å². The first kappa shape index (κ1) is 28.6. The highest BCUT2D eigenvalue weighted by Gasteiger charge is 2.42. The molecule has 5 aromatic carbocycles. The first-order valence-corrected chi connectivity index (χ1v) is 16.2. The number of β-amino-alcohol motifs (C(OH)–C–C–N with tert-alkyl or cyclic N) is 1. The third-order valence-corrected chi connectivity index (χ3v) is 10.0. The quantitative estimate of drug-likeness (QED) is 0.191. The highest BCUT2D eigenvalue weighted by Crippen LogP contribution is 2.53. The number of aliphatic hydroxyl groups is 1. The number of alkyl halides is 2. The van der Waals surface area contributed by atoms with Gasteiger partial charge in [0.1, 0.15) is 18.5 Å². The fourth-order valence-electron chi connectivity index (χ4n) is 7.61. The lowest BCUT2D eigenvalue weighted by Crippen LogP contribution is -2.50. The number of benzene rings is 5. The summed E-state index contributed by atoms with van der Waals surface area (Å²) in [6.45, 7) is 3.72. The molecule has 0 amide bonds. The Morgan fingerprint density at radius 1 is 0.689 bits per heavy atom. The number of rotatable bonds is 7. The van der Waals surface area contributed by atoms with Gasteiger partial charge in [0, 0.05) is 32.7 Å². The van der Waals surface area contributed by atoms with E-state index in [4.69, 9.17) is 4.74 Å². The van der Waals surface area contributed by atoms with E-state index in [-0.39, 0.29) is 12.6 Å². The smallest absolute Gasteiger partial charge is 0.161 e. The van der Waals surface area contributed by atoms with Gasteiger partial charge in [0.2, 0.25) is 0 Å². The molecule has 5 aromatic rings. The van der Waals surface area contributed by atoms with Gasteiger partial charge < -0.3 is 9.84 Å². The van der Waals surface area contributed by atoms with Crippen molar-refractivity contribution in [2.24, 2.45) is 0 Å². The van der Waals surface area contributed by atoms with Crippen molar-refractivity contribution in [1.29, 1.82) is 0 Å². The Bertz CT molecular complexity index is 1850. The lowest BCUT2D eigenvalue weighted by molar-refractivity contribution is 0.0400. The van der Waals surface area contributed by atoms with E-state index in [2.05, 4.69) is 46.2 Å². The Labute approximate surface area is 262 Å².